The van der Waals surface area contributed by atoms with Crippen LogP contribution >= 0.6 is 11.6 Å². The molecule has 144 valence electrons. The third kappa shape index (κ3) is 4.06. The summed E-state index contributed by atoms with van der Waals surface area (Å²) in [6, 6.07) is 14.9. The van der Waals surface area contributed by atoms with Gasteiger partial charge in [0.2, 0.25) is 0 Å². The lowest BCUT2D eigenvalue weighted by Gasteiger charge is -2.40. The van der Waals surface area contributed by atoms with E-state index in [0.717, 1.165) is 5.56 Å². The summed E-state index contributed by atoms with van der Waals surface area (Å²) < 4.78 is 11.6. The minimum Gasteiger partial charge on any atom is -0.486 e. The summed E-state index contributed by atoms with van der Waals surface area (Å²) in [6.45, 7) is 2.24. The van der Waals surface area contributed by atoms with Gasteiger partial charge < -0.3 is 24.6 Å². The number of para-hydroxylation sites is 2. The Morgan fingerprint density at radius 2 is 1.74 bits per heavy atom. The predicted octanol–water partition coefficient (Wildman–Crippen LogP) is 2.82. The van der Waals surface area contributed by atoms with E-state index in [1.165, 1.54) is 0 Å². The first-order valence-corrected chi connectivity index (χ1v) is 9.69. The summed E-state index contributed by atoms with van der Waals surface area (Å²) in [5, 5.41) is 22.2. The summed E-state index contributed by atoms with van der Waals surface area (Å²) in [6.07, 6.45) is 0.190. The molecular weight excluding hydrogens is 366 g/mol. The van der Waals surface area contributed by atoms with Crippen LogP contribution in [0.15, 0.2) is 48.5 Å². The number of aliphatic hydroxyl groups is 2. The Morgan fingerprint density at radius 3 is 2.44 bits per heavy atom. The monoisotopic (exact) mass is 389 g/mol. The lowest BCUT2D eigenvalue weighted by molar-refractivity contribution is -0.0565. The molecule has 0 aliphatic carbocycles. The fourth-order valence-electron chi connectivity index (χ4n) is 3.76. The Kier molecular flexibility index (Phi) is 5.28. The van der Waals surface area contributed by atoms with E-state index in [1.54, 1.807) is 0 Å². The van der Waals surface area contributed by atoms with Crippen LogP contribution in [0.4, 0.5) is 0 Å². The van der Waals surface area contributed by atoms with Crippen molar-refractivity contribution in [3.05, 3.63) is 59.1 Å². The molecule has 2 heterocycles. The highest BCUT2D eigenvalue weighted by atomic mass is 35.5. The largest absolute Gasteiger partial charge is 0.486 e. The molecule has 2 aromatic carbocycles. The third-order valence-electron chi connectivity index (χ3n) is 5.47. The van der Waals surface area contributed by atoms with Crippen LogP contribution < -0.4 is 9.47 Å². The number of fused-ring (bicyclic) bond motifs is 1. The molecule has 6 heteroatoms. The average Bonchev–Trinajstić information content (AvgIpc) is 2.70. The number of nitrogens with zero attached hydrogens (tertiary/aromatic N) is 1. The smallest absolute Gasteiger partial charge is 0.161 e. The number of benzene rings is 2. The van der Waals surface area contributed by atoms with Gasteiger partial charge in [-0.25, -0.2) is 0 Å². The summed E-state index contributed by atoms with van der Waals surface area (Å²) in [5.74, 6) is 1.38. The number of β-amino-alcohol motifs (C(OH)–C–C–N with tert-alkyl or cyclic N) is 1. The molecule has 2 aliphatic rings. The number of piperidine rings is 1. The minimum atomic E-state index is -0.838. The number of hydrogen-bond donors (Lipinski definition) is 2. The molecular formula is C21H24ClNO4. The molecule has 0 radical (unpaired) electrons. The Labute approximate surface area is 164 Å². The van der Waals surface area contributed by atoms with E-state index in [0.29, 0.717) is 55.6 Å². The van der Waals surface area contributed by atoms with E-state index < -0.39 is 17.8 Å². The Hall–Kier alpha value is -1.79. The van der Waals surface area contributed by atoms with Crippen LogP contribution in [-0.2, 0) is 5.60 Å². The van der Waals surface area contributed by atoms with Crippen molar-refractivity contribution < 1.29 is 19.7 Å². The predicted molar refractivity (Wildman–Crippen MR) is 103 cm³/mol. The lowest BCUT2D eigenvalue weighted by Crippen LogP contribution is -2.50. The van der Waals surface area contributed by atoms with Gasteiger partial charge in [-0.15, -0.1) is 0 Å². The second kappa shape index (κ2) is 7.68. The van der Waals surface area contributed by atoms with E-state index in [1.807, 2.05) is 48.5 Å². The fourth-order valence-corrected chi connectivity index (χ4v) is 3.89. The molecule has 2 aromatic rings. The number of rotatable bonds is 4. The van der Waals surface area contributed by atoms with Gasteiger partial charge in [-0.1, -0.05) is 35.9 Å². The summed E-state index contributed by atoms with van der Waals surface area (Å²) in [5.41, 5.74) is 0.0582. The van der Waals surface area contributed by atoms with Crippen molar-refractivity contribution in [2.75, 3.05) is 26.2 Å². The number of likely N-dealkylation sites (tertiary alicyclic amines) is 1. The molecule has 5 nitrogen and oxygen atoms in total. The minimum absolute atomic E-state index is 0.334. The zero-order valence-corrected chi connectivity index (χ0v) is 15.8. The second-order valence-electron chi connectivity index (χ2n) is 7.32. The van der Waals surface area contributed by atoms with Gasteiger partial charge in [0, 0.05) is 24.7 Å². The number of halogens is 1. The molecule has 2 aliphatic heterocycles. The zero-order chi connectivity index (χ0) is 18.9. The molecule has 0 bridgehead atoms. The van der Waals surface area contributed by atoms with Gasteiger partial charge in [0.25, 0.3) is 0 Å². The zero-order valence-electron chi connectivity index (χ0n) is 15.1. The van der Waals surface area contributed by atoms with Crippen molar-refractivity contribution in [2.24, 2.45) is 0 Å². The van der Waals surface area contributed by atoms with Gasteiger partial charge in [0.05, 0.1) is 5.60 Å². The molecule has 27 heavy (non-hydrogen) atoms. The van der Waals surface area contributed by atoms with E-state index in [4.69, 9.17) is 21.1 Å². The van der Waals surface area contributed by atoms with Crippen molar-refractivity contribution in [3.63, 3.8) is 0 Å². The highest BCUT2D eigenvalue weighted by molar-refractivity contribution is 6.30. The highest BCUT2D eigenvalue weighted by Crippen LogP contribution is 2.34. The molecule has 4 rings (SSSR count). The molecule has 0 saturated carbocycles. The van der Waals surface area contributed by atoms with Crippen LogP contribution in [0.2, 0.25) is 5.02 Å². The normalized spacial score (nSPS) is 23.0. The quantitative estimate of drug-likeness (QED) is 0.842. The molecule has 2 N–H and O–H groups in total. The number of hydrogen-bond acceptors (Lipinski definition) is 5. The first-order chi connectivity index (χ1) is 13.0. The number of aliphatic hydroxyl groups excluding tert-OH is 1. The second-order valence-corrected chi connectivity index (χ2v) is 7.76. The SMILES string of the molecule is O[C@H](CN1CCC(O)(c2ccc(Cl)cc2)CC1)[C@@H]1COc2ccccc2O1. The summed E-state index contributed by atoms with van der Waals surface area (Å²) >= 11 is 5.94. The Morgan fingerprint density at radius 1 is 1.07 bits per heavy atom. The lowest BCUT2D eigenvalue weighted by atomic mass is 9.84. The Bertz CT molecular complexity index is 774. The molecule has 2 atom stereocenters. The molecule has 0 unspecified atom stereocenters. The van der Waals surface area contributed by atoms with Gasteiger partial charge in [-0.05, 0) is 42.7 Å². The summed E-state index contributed by atoms with van der Waals surface area (Å²) in [4.78, 5) is 2.17. The van der Waals surface area contributed by atoms with Crippen molar-refractivity contribution in [2.45, 2.75) is 30.7 Å². The van der Waals surface area contributed by atoms with E-state index in [-0.39, 0.29) is 0 Å². The van der Waals surface area contributed by atoms with E-state index in [2.05, 4.69) is 4.90 Å². The van der Waals surface area contributed by atoms with Crippen molar-refractivity contribution in [1.29, 1.82) is 0 Å². The van der Waals surface area contributed by atoms with Crippen LogP contribution in [0, 0.1) is 0 Å². The molecule has 1 fully saturated rings. The van der Waals surface area contributed by atoms with Crippen LogP contribution in [-0.4, -0.2) is 53.6 Å². The van der Waals surface area contributed by atoms with Crippen LogP contribution in [0.5, 0.6) is 11.5 Å². The maximum Gasteiger partial charge on any atom is 0.161 e. The number of ether oxygens (including phenoxy) is 2. The van der Waals surface area contributed by atoms with E-state index >= 15 is 0 Å². The van der Waals surface area contributed by atoms with Crippen LogP contribution in [0.3, 0.4) is 0 Å². The van der Waals surface area contributed by atoms with E-state index in [9.17, 15) is 10.2 Å². The van der Waals surface area contributed by atoms with Gasteiger partial charge in [-0.2, -0.15) is 0 Å². The van der Waals surface area contributed by atoms with Gasteiger partial charge >= 0.3 is 0 Å². The van der Waals surface area contributed by atoms with Gasteiger partial charge in [-0.3, -0.25) is 0 Å². The first kappa shape index (κ1) is 18.6. The molecule has 0 amide bonds. The van der Waals surface area contributed by atoms with Gasteiger partial charge in [0.1, 0.15) is 12.7 Å². The summed E-state index contributed by atoms with van der Waals surface area (Å²) in [7, 11) is 0. The third-order valence-corrected chi connectivity index (χ3v) is 5.72. The molecule has 0 aromatic heterocycles. The molecule has 0 spiro atoms. The maximum atomic E-state index is 11.0. The Balaban J connectivity index is 1.32. The molecule has 1 saturated heterocycles. The topological polar surface area (TPSA) is 62.2 Å². The first-order valence-electron chi connectivity index (χ1n) is 9.31. The average molecular weight is 390 g/mol. The maximum absolute atomic E-state index is 11.0. The van der Waals surface area contributed by atoms with Gasteiger partial charge in [0.15, 0.2) is 17.6 Å². The fraction of sp³-hybridized carbons (Fsp3) is 0.429. The van der Waals surface area contributed by atoms with Crippen molar-refractivity contribution >= 4 is 11.6 Å². The van der Waals surface area contributed by atoms with Crippen LogP contribution in [0.25, 0.3) is 0 Å². The highest BCUT2D eigenvalue weighted by Gasteiger charge is 2.36. The standard InChI is InChI=1S/C21H24ClNO4/c22-16-7-5-15(6-8-16)21(25)9-11-23(12-10-21)13-17(24)20-14-26-18-3-1-2-4-19(18)27-20/h1-8,17,20,24-25H,9-14H2/t17-,20+/m1/s1. The van der Waals surface area contributed by atoms with Crippen molar-refractivity contribution in [3.8, 4) is 11.5 Å². The van der Waals surface area contributed by atoms with Crippen LogP contribution in [0.1, 0.15) is 18.4 Å². The van der Waals surface area contributed by atoms with Crippen molar-refractivity contribution in [1.82, 2.24) is 4.90 Å².